The van der Waals surface area contributed by atoms with Crippen molar-refractivity contribution in [1.29, 1.82) is 0 Å². The van der Waals surface area contributed by atoms with Gasteiger partial charge >= 0.3 is 5.89 Å². The molecule has 150 valence electrons. The molecule has 0 radical (unpaired) electrons. The summed E-state index contributed by atoms with van der Waals surface area (Å²) in [5.41, 5.74) is 3.90. The van der Waals surface area contributed by atoms with Crippen LogP contribution in [0, 0.1) is 0 Å². The largest absolute Gasteiger partial charge is 0.439 e. The number of allylic oxidation sites excluding steroid dienone is 2. The highest BCUT2D eigenvalue weighted by molar-refractivity contribution is 6.31. The van der Waals surface area contributed by atoms with Crippen molar-refractivity contribution in [2.45, 2.75) is 33.7 Å². The summed E-state index contributed by atoms with van der Waals surface area (Å²) in [6.45, 7) is 7.88. The van der Waals surface area contributed by atoms with Gasteiger partial charge in [-0.25, -0.2) is 0 Å². The van der Waals surface area contributed by atoms with Gasteiger partial charge in [-0.2, -0.15) is 4.57 Å². The predicted molar refractivity (Wildman–Crippen MR) is 119 cm³/mol. The Labute approximate surface area is 180 Å². The number of hydrogen-bond donors (Lipinski definition) is 0. The zero-order valence-corrected chi connectivity index (χ0v) is 18.2. The lowest BCUT2D eigenvalue weighted by Crippen LogP contribution is -2.33. The van der Waals surface area contributed by atoms with Crippen molar-refractivity contribution in [2.75, 3.05) is 11.4 Å². The average molecular weight is 430 g/mol. The van der Waals surface area contributed by atoms with E-state index in [0.717, 1.165) is 59.4 Å². The van der Waals surface area contributed by atoms with Crippen LogP contribution in [-0.2, 0) is 6.54 Å². The van der Waals surface area contributed by atoms with Crippen molar-refractivity contribution in [1.82, 2.24) is 0 Å². The van der Waals surface area contributed by atoms with Crippen LogP contribution >= 0.6 is 23.2 Å². The molecule has 1 aliphatic heterocycles. The molecule has 0 N–H and O–H groups in total. The van der Waals surface area contributed by atoms with E-state index in [2.05, 4.69) is 42.4 Å². The maximum atomic E-state index is 6.18. The molecule has 0 amide bonds. The second-order valence-corrected chi connectivity index (χ2v) is 7.68. The molecule has 2 aromatic carbocycles. The highest BCUT2D eigenvalue weighted by atomic mass is 35.5. The fourth-order valence-electron chi connectivity index (χ4n) is 3.58. The number of rotatable bonds is 5. The van der Waals surface area contributed by atoms with E-state index < -0.39 is 0 Å². The van der Waals surface area contributed by atoms with Gasteiger partial charge in [0.25, 0.3) is 5.52 Å². The van der Waals surface area contributed by atoms with E-state index in [-0.39, 0.29) is 0 Å². The number of aryl methyl sites for hydroxylation is 1. The minimum absolute atomic E-state index is 0.697. The van der Waals surface area contributed by atoms with Crippen LogP contribution in [0.2, 0.25) is 10.0 Å². The molecule has 6 heteroatoms. The number of fused-ring (bicyclic) bond motifs is 2. The summed E-state index contributed by atoms with van der Waals surface area (Å²) in [6, 6.07) is 11.4. The second-order valence-electron chi connectivity index (χ2n) is 6.81. The number of aromatic nitrogens is 1. The molecule has 0 atom stereocenters. The molecule has 1 aliphatic rings. The number of nitrogens with zero attached hydrogens (tertiary/aromatic N) is 2. The maximum Gasteiger partial charge on any atom is 0.374 e. The number of ether oxygens (including phenoxy) is 1. The molecule has 1 aromatic heterocycles. The van der Waals surface area contributed by atoms with Gasteiger partial charge in [0.1, 0.15) is 6.54 Å². The fraction of sp³-hybridized carbons (Fsp3) is 0.261. The fourth-order valence-corrected chi connectivity index (χ4v) is 3.91. The molecule has 0 spiro atoms. The third kappa shape index (κ3) is 3.75. The third-order valence-corrected chi connectivity index (χ3v) is 5.51. The zero-order valence-electron chi connectivity index (χ0n) is 16.7. The molecule has 0 unspecified atom stereocenters. The standard InChI is InChI=1S/C23H23Cl2N2O2/c1-4-15(11-22-26(5-2)18-13-16(24)7-9-20(18)28-22)12-23-27(6-3)19-14-17(25)8-10-21(19)29-23/h7-14H,4-6H2,1-3H3/q+1. The zero-order chi connectivity index (χ0) is 20.5. The summed E-state index contributed by atoms with van der Waals surface area (Å²) in [5.74, 6) is 2.40. The van der Waals surface area contributed by atoms with E-state index in [9.17, 15) is 0 Å². The van der Waals surface area contributed by atoms with E-state index in [1.165, 1.54) is 0 Å². The highest BCUT2D eigenvalue weighted by Gasteiger charge is 2.26. The third-order valence-electron chi connectivity index (χ3n) is 5.04. The minimum Gasteiger partial charge on any atom is -0.439 e. The lowest BCUT2D eigenvalue weighted by Gasteiger charge is -2.16. The van der Waals surface area contributed by atoms with Crippen LogP contribution in [0.5, 0.6) is 5.75 Å². The summed E-state index contributed by atoms with van der Waals surface area (Å²) < 4.78 is 14.3. The van der Waals surface area contributed by atoms with Crippen LogP contribution in [0.4, 0.5) is 5.69 Å². The molecule has 29 heavy (non-hydrogen) atoms. The molecular weight excluding hydrogens is 407 g/mol. The molecule has 3 aromatic rings. The van der Waals surface area contributed by atoms with Gasteiger partial charge in [-0.1, -0.05) is 30.1 Å². The molecule has 0 fully saturated rings. The van der Waals surface area contributed by atoms with Crippen LogP contribution in [-0.4, -0.2) is 6.54 Å². The van der Waals surface area contributed by atoms with Crippen molar-refractivity contribution in [2.24, 2.45) is 0 Å². The Bertz CT molecular complexity index is 1130. The average Bonchev–Trinajstić information content (AvgIpc) is 3.23. The monoisotopic (exact) mass is 429 g/mol. The number of anilines is 1. The molecule has 0 bridgehead atoms. The summed E-state index contributed by atoms with van der Waals surface area (Å²) in [4.78, 5) is 2.12. The Morgan fingerprint density at radius 1 is 1.07 bits per heavy atom. The molecule has 4 nitrogen and oxygen atoms in total. The Morgan fingerprint density at radius 3 is 2.55 bits per heavy atom. The van der Waals surface area contributed by atoms with Crippen molar-refractivity contribution < 1.29 is 13.7 Å². The van der Waals surface area contributed by atoms with Crippen LogP contribution in [0.15, 0.2) is 58.3 Å². The molecular formula is C23H23Cl2N2O2+. The summed E-state index contributed by atoms with van der Waals surface area (Å²) in [5, 5.41) is 1.39. The second kappa shape index (κ2) is 8.13. The quantitative estimate of drug-likeness (QED) is 0.427. The number of benzene rings is 2. The topological polar surface area (TPSA) is 29.5 Å². The Kier molecular flexibility index (Phi) is 5.57. The predicted octanol–water partition coefficient (Wildman–Crippen LogP) is 6.60. The van der Waals surface area contributed by atoms with Crippen LogP contribution in [0.1, 0.15) is 33.1 Å². The summed E-state index contributed by atoms with van der Waals surface area (Å²) in [6.07, 6.45) is 4.97. The Balaban J connectivity index is 1.75. The molecule has 4 rings (SSSR count). The van der Waals surface area contributed by atoms with Crippen LogP contribution in [0.25, 0.3) is 17.2 Å². The van der Waals surface area contributed by atoms with Crippen LogP contribution < -0.4 is 14.2 Å². The van der Waals surface area contributed by atoms with E-state index in [0.29, 0.717) is 10.0 Å². The van der Waals surface area contributed by atoms with Gasteiger partial charge in [-0.15, -0.1) is 0 Å². The van der Waals surface area contributed by atoms with E-state index in [1.54, 1.807) is 0 Å². The first-order valence-electron chi connectivity index (χ1n) is 9.83. The SMILES string of the molecule is CCC(=Cc1oc2ccc(Cl)cc2[n+]1CC)C=C1Oc2ccc(Cl)cc2N1CC. The van der Waals surface area contributed by atoms with Gasteiger partial charge < -0.3 is 14.1 Å². The van der Waals surface area contributed by atoms with Gasteiger partial charge in [-0.05, 0) is 56.2 Å². The summed E-state index contributed by atoms with van der Waals surface area (Å²) in [7, 11) is 0. The van der Waals surface area contributed by atoms with Crippen molar-refractivity contribution in [3.05, 3.63) is 69.9 Å². The normalized spacial score (nSPS) is 15.3. The smallest absolute Gasteiger partial charge is 0.374 e. The first-order chi connectivity index (χ1) is 14.0. The van der Waals surface area contributed by atoms with Gasteiger partial charge in [0.2, 0.25) is 11.5 Å². The van der Waals surface area contributed by atoms with Gasteiger partial charge in [0, 0.05) is 28.7 Å². The van der Waals surface area contributed by atoms with Crippen molar-refractivity contribution in [3.8, 4) is 5.75 Å². The number of oxazole rings is 1. The number of hydrogen-bond acceptors (Lipinski definition) is 3. The molecule has 2 heterocycles. The Morgan fingerprint density at radius 2 is 1.83 bits per heavy atom. The molecule has 0 aliphatic carbocycles. The first kappa shape index (κ1) is 19.9. The van der Waals surface area contributed by atoms with Gasteiger partial charge in [0.05, 0.1) is 11.8 Å². The minimum atomic E-state index is 0.697. The van der Waals surface area contributed by atoms with E-state index in [4.69, 9.17) is 32.4 Å². The van der Waals surface area contributed by atoms with Crippen LogP contribution in [0.3, 0.4) is 0 Å². The lowest BCUT2D eigenvalue weighted by molar-refractivity contribution is -0.674. The van der Waals surface area contributed by atoms with Gasteiger partial charge in [0.15, 0.2) is 5.75 Å². The first-order valence-corrected chi connectivity index (χ1v) is 10.6. The van der Waals surface area contributed by atoms with Crippen molar-refractivity contribution >= 4 is 46.1 Å². The number of halogens is 2. The maximum absolute atomic E-state index is 6.18. The van der Waals surface area contributed by atoms with E-state index in [1.807, 2.05) is 36.4 Å². The Hall–Kier alpha value is -2.43. The lowest BCUT2D eigenvalue weighted by atomic mass is 10.2. The molecule has 0 saturated heterocycles. The van der Waals surface area contributed by atoms with Crippen molar-refractivity contribution in [3.63, 3.8) is 0 Å². The van der Waals surface area contributed by atoms with Gasteiger partial charge in [-0.3, -0.25) is 0 Å². The van der Waals surface area contributed by atoms with E-state index >= 15 is 0 Å². The highest BCUT2D eigenvalue weighted by Crippen LogP contribution is 2.40. The summed E-state index contributed by atoms with van der Waals surface area (Å²) >= 11 is 12.4. The molecule has 0 saturated carbocycles.